The van der Waals surface area contributed by atoms with Gasteiger partial charge in [0.05, 0.1) is 0 Å². The molecule has 0 unspecified atom stereocenters. The summed E-state index contributed by atoms with van der Waals surface area (Å²) in [6, 6.07) is 36.1. The summed E-state index contributed by atoms with van der Waals surface area (Å²) < 4.78 is 0. The Kier molecular flexibility index (Phi) is 16.2. The lowest BCUT2D eigenvalue weighted by Crippen LogP contribution is -2.40. The molecule has 2 N–H and O–H groups in total. The number of rotatable bonds is 9. The molecule has 7 aromatic rings. The van der Waals surface area contributed by atoms with Gasteiger partial charge in [0, 0.05) is 59.2 Å². The molecule has 2 aliphatic rings. The molecular formula is C53H58N4O6. The van der Waals surface area contributed by atoms with Crippen LogP contribution in [0.4, 0.5) is 0 Å². The summed E-state index contributed by atoms with van der Waals surface area (Å²) in [4.78, 5) is 76.5. The number of benzene rings is 7. The molecule has 0 fully saturated rings. The van der Waals surface area contributed by atoms with E-state index in [9.17, 15) is 28.8 Å². The zero-order valence-electron chi connectivity index (χ0n) is 37.7. The Labute approximate surface area is 370 Å². The summed E-state index contributed by atoms with van der Waals surface area (Å²) in [6.07, 6.45) is 2.19. The van der Waals surface area contributed by atoms with Crippen LogP contribution >= 0.6 is 0 Å². The number of carbonyl (C=O) groups is 6. The smallest absolute Gasteiger partial charge is 0.261 e. The number of nitrogens with zero attached hydrogens (tertiary/aromatic N) is 2. The van der Waals surface area contributed by atoms with Crippen molar-refractivity contribution in [3.63, 3.8) is 0 Å². The molecule has 9 rings (SSSR count). The van der Waals surface area contributed by atoms with E-state index in [1.807, 2.05) is 65.8 Å². The number of nitrogens with one attached hydrogen (secondary N) is 2. The molecule has 0 atom stereocenters. The average molecular weight is 847 g/mol. The van der Waals surface area contributed by atoms with Crippen LogP contribution in [0.5, 0.6) is 0 Å². The van der Waals surface area contributed by atoms with E-state index in [4.69, 9.17) is 0 Å². The van der Waals surface area contributed by atoms with Crippen molar-refractivity contribution in [1.82, 2.24) is 20.4 Å². The van der Waals surface area contributed by atoms with Crippen molar-refractivity contribution in [1.29, 1.82) is 0 Å². The van der Waals surface area contributed by atoms with Gasteiger partial charge in [-0.3, -0.25) is 38.6 Å². The zero-order chi connectivity index (χ0) is 45.8. The number of hydrogen-bond donors (Lipinski definition) is 2. The number of aryl methyl sites for hydroxylation is 2. The van der Waals surface area contributed by atoms with Gasteiger partial charge in [-0.1, -0.05) is 113 Å². The Morgan fingerprint density at radius 1 is 0.413 bits per heavy atom. The fourth-order valence-electron chi connectivity index (χ4n) is 8.19. The summed E-state index contributed by atoms with van der Waals surface area (Å²) >= 11 is 0. The molecule has 0 spiro atoms. The minimum absolute atomic E-state index is 0.0678. The lowest BCUT2D eigenvalue weighted by Gasteiger charge is -2.29. The predicted molar refractivity (Wildman–Crippen MR) is 255 cm³/mol. The highest BCUT2D eigenvalue weighted by molar-refractivity contribution is 6.41. The van der Waals surface area contributed by atoms with Crippen LogP contribution in [-0.4, -0.2) is 71.4 Å². The van der Waals surface area contributed by atoms with E-state index in [1.165, 1.54) is 20.9 Å². The quantitative estimate of drug-likeness (QED) is 0.0643. The van der Waals surface area contributed by atoms with Crippen molar-refractivity contribution in [2.75, 3.05) is 26.2 Å². The summed E-state index contributed by atoms with van der Waals surface area (Å²) in [5, 5.41) is 11.8. The molecule has 326 valence electrons. The maximum Gasteiger partial charge on any atom is 0.261 e. The van der Waals surface area contributed by atoms with Crippen LogP contribution in [0.1, 0.15) is 114 Å². The Morgan fingerprint density at radius 2 is 0.698 bits per heavy atom. The summed E-state index contributed by atoms with van der Waals surface area (Å²) in [7, 11) is 0. The molecule has 10 nitrogen and oxygen atoms in total. The van der Waals surface area contributed by atoms with Gasteiger partial charge < -0.3 is 10.6 Å². The predicted octanol–water partition coefficient (Wildman–Crippen LogP) is 10.1. The number of hydrogen-bond acceptors (Lipinski definition) is 6. The summed E-state index contributed by atoms with van der Waals surface area (Å²) in [6.45, 7) is 17.0. The van der Waals surface area contributed by atoms with Crippen LogP contribution in [0.25, 0.3) is 43.1 Å². The second-order valence-electron chi connectivity index (χ2n) is 14.4. The van der Waals surface area contributed by atoms with Crippen LogP contribution in [0, 0.1) is 0 Å². The standard InChI is InChI=1S/C28H18N2O4.C14H14.C7H14N2O2.2C2H6/c1-3-29-25(31)17-9-5-13-15-7-11-19-24-20(28(34)30(4-2)27(19)33)12-8-16(22(15)24)14-6-10-18(26(29)32)23(17)21(13)14;1-3-7-13(8-4-1)11-12-14-9-5-2-6-10-14;1-3-8-6(10)5-7(11)9-4-2;2*1-2/h5-12H,3-4H2,1-2H3;1-10H,11-12H2;3-5H2,1-2H3,(H,8,10)(H,9,11);2*1-2H3. The van der Waals surface area contributed by atoms with Gasteiger partial charge in [-0.2, -0.15) is 0 Å². The van der Waals surface area contributed by atoms with Crippen molar-refractivity contribution >= 4 is 78.5 Å². The van der Waals surface area contributed by atoms with Gasteiger partial charge in [-0.25, -0.2) is 0 Å². The Morgan fingerprint density at radius 3 is 0.952 bits per heavy atom. The third-order valence-corrected chi connectivity index (χ3v) is 10.9. The van der Waals surface area contributed by atoms with Crippen LogP contribution in [0.15, 0.2) is 109 Å². The van der Waals surface area contributed by atoms with Gasteiger partial charge in [0.2, 0.25) is 11.8 Å². The van der Waals surface area contributed by atoms with Gasteiger partial charge >= 0.3 is 0 Å². The third kappa shape index (κ3) is 9.45. The fourth-order valence-corrected chi connectivity index (χ4v) is 8.19. The minimum Gasteiger partial charge on any atom is -0.356 e. The fraction of sp³-hybridized carbons (Fsp3) is 0.283. The highest BCUT2D eigenvalue weighted by Crippen LogP contribution is 2.46. The molecule has 0 aromatic heterocycles. The summed E-state index contributed by atoms with van der Waals surface area (Å²) in [5.41, 5.74) is 4.92. The van der Waals surface area contributed by atoms with Gasteiger partial charge in [-0.05, 0) is 108 Å². The molecule has 2 heterocycles. The minimum atomic E-state index is -0.282. The van der Waals surface area contributed by atoms with E-state index in [0.717, 1.165) is 45.2 Å². The van der Waals surface area contributed by atoms with E-state index in [-0.39, 0.29) is 41.9 Å². The number of fused-ring (bicyclic) bond motifs is 2. The van der Waals surface area contributed by atoms with Gasteiger partial charge in [0.1, 0.15) is 6.42 Å². The molecule has 6 amide bonds. The molecule has 7 aromatic carbocycles. The van der Waals surface area contributed by atoms with Crippen molar-refractivity contribution < 1.29 is 28.8 Å². The lowest BCUT2D eigenvalue weighted by molar-refractivity contribution is -0.129. The number of carbonyl (C=O) groups excluding carboxylic acids is 6. The molecule has 63 heavy (non-hydrogen) atoms. The Bertz CT molecular complexity index is 2460. The zero-order valence-corrected chi connectivity index (χ0v) is 37.7. The van der Waals surface area contributed by atoms with Crippen LogP contribution in [0.2, 0.25) is 0 Å². The Hall–Kier alpha value is -6.94. The molecule has 0 bridgehead atoms. The topological polar surface area (TPSA) is 133 Å². The largest absolute Gasteiger partial charge is 0.356 e. The van der Waals surface area contributed by atoms with E-state index in [2.05, 4.69) is 71.3 Å². The van der Waals surface area contributed by atoms with Gasteiger partial charge in [-0.15, -0.1) is 0 Å². The number of amides is 6. The van der Waals surface area contributed by atoms with Crippen molar-refractivity contribution in [3.8, 4) is 0 Å². The SMILES string of the molecule is CC.CC.CCN1C(=O)c2ccc3c4ccc5c6c(ccc(c7ccc(c2c37)C1=O)c64)C(=O)N(CC)C5=O.CCNC(=O)CC(=O)NCC.c1ccc(CCc2ccccc2)cc1. The van der Waals surface area contributed by atoms with E-state index >= 15 is 0 Å². The molecule has 0 aliphatic carbocycles. The Balaban J connectivity index is 0.000000213. The maximum absolute atomic E-state index is 13.1. The molecule has 10 heteroatoms. The van der Waals surface area contributed by atoms with E-state index < -0.39 is 0 Å². The van der Waals surface area contributed by atoms with Crippen LogP contribution < -0.4 is 10.6 Å². The van der Waals surface area contributed by atoms with Crippen LogP contribution in [-0.2, 0) is 22.4 Å². The second kappa shape index (κ2) is 21.7. The van der Waals surface area contributed by atoms with Crippen LogP contribution in [0.3, 0.4) is 0 Å². The second-order valence-corrected chi connectivity index (χ2v) is 14.4. The highest BCUT2D eigenvalue weighted by atomic mass is 16.2. The summed E-state index contributed by atoms with van der Waals surface area (Å²) in [5.74, 6) is -1.57. The van der Waals surface area contributed by atoms with Gasteiger partial charge in [0.25, 0.3) is 23.6 Å². The molecule has 0 saturated heterocycles. The van der Waals surface area contributed by atoms with Crippen molar-refractivity contribution in [2.24, 2.45) is 0 Å². The first kappa shape index (κ1) is 47.1. The average Bonchev–Trinajstić information content (AvgIpc) is 3.31. The highest BCUT2D eigenvalue weighted by Gasteiger charge is 2.36. The van der Waals surface area contributed by atoms with E-state index in [0.29, 0.717) is 59.2 Å². The van der Waals surface area contributed by atoms with E-state index in [1.54, 1.807) is 38.1 Å². The van der Waals surface area contributed by atoms with Gasteiger partial charge in [0.15, 0.2) is 0 Å². The third-order valence-electron chi connectivity index (χ3n) is 10.9. The monoisotopic (exact) mass is 846 g/mol. The number of imide groups is 2. The maximum atomic E-state index is 13.1. The van der Waals surface area contributed by atoms with Crippen molar-refractivity contribution in [2.45, 2.75) is 74.7 Å². The lowest BCUT2D eigenvalue weighted by atomic mass is 9.82. The first-order valence-electron chi connectivity index (χ1n) is 22.2. The normalized spacial score (nSPS) is 12.4. The molecule has 0 saturated carbocycles. The molecule has 2 aliphatic heterocycles. The van der Waals surface area contributed by atoms with Crippen molar-refractivity contribution in [3.05, 3.63) is 143 Å². The molecule has 0 radical (unpaired) electrons. The first-order chi connectivity index (χ1) is 30.6. The first-order valence-corrected chi connectivity index (χ1v) is 22.2. The molecular weight excluding hydrogens is 789 g/mol.